The van der Waals surface area contributed by atoms with E-state index in [4.69, 9.17) is 0 Å². The third kappa shape index (κ3) is 2.40. The summed E-state index contributed by atoms with van der Waals surface area (Å²) in [5, 5.41) is 0. The van der Waals surface area contributed by atoms with Gasteiger partial charge in [0.2, 0.25) is 0 Å². The Labute approximate surface area is 101 Å². The Morgan fingerprint density at radius 2 is 1.56 bits per heavy atom. The van der Waals surface area contributed by atoms with Crippen molar-refractivity contribution < 1.29 is 4.90 Å². The van der Waals surface area contributed by atoms with E-state index in [0.717, 1.165) is 0 Å². The van der Waals surface area contributed by atoms with Crippen LogP contribution in [-0.2, 0) is 0 Å². The van der Waals surface area contributed by atoms with Crippen LogP contribution in [0.15, 0.2) is 23.0 Å². The first kappa shape index (κ1) is 13.5. The Balaban J connectivity index is 3.22. The molecule has 0 saturated heterocycles. The highest BCUT2D eigenvalue weighted by atomic mass is 15.1. The lowest BCUT2D eigenvalue weighted by atomic mass is 9.83. The van der Waals surface area contributed by atoms with Crippen molar-refractivity contribution in [3.05, 3.63) is 30.1 Å². The van der Waals surface area contributed by atoms with Crippen molar-refractivity contribution >= 4 is 0 Å². The lowest BCUT2D eigenvalue weighted by molar-refractivity contribution is -0.774. The average molecular weight is 221 g/mol. The van der Waals surface area contributed by atoms with Gasteiger partial charge in [0.25, 0.3) is 0 Å². The van der Waals surface area contributed by atoms with E-state index in [1.165, 1.54) is 21.9 Å². The molecule has 0 radical (unpaired) electrons. The van der Waals surface area contributed by atoms with Crippen LogP contribution in [0, 0.1) is 24.3 Å². The van der Waals surface area contributed by atoms with Crippen molar-refractivity contribution in [3.8, 4) is 0 Å². The highest BCUT2D eigenvalue weighted by molar-refractivity contribution is 5.34. The van der Waals surface area contributed by atoms with Gasteiger partial charge in [-0.15, -0.1) is 7.05 Å². The van der Waals surface area contributed by atoms with Gasteiger partial charge >= 0.3 is 0 Å². The van der Waals surface area contributed by atoms with E-state index in [2.05, 4.69) is 61.6 Å². The minimum Gasteiger partial charge on any atom is -0.408 e. The van der Waals surface area contributed by atoms with Crippen LogP contribution >= 0.6 is 0 Å². The SMILES string of the molecule is [CH2-][NH+]1C(C(C)C)=CC(C(C)(C)C)=C1C(C)C. The molecule has 0 aromatic carbocycles. The van der Waals surface area contributed by atoms with Crippen LogP contribution in [0.25, 0.3) is 0 Å². The van der Waals surface area contributed by atoms with Gasteiger partial charge in [-0.05, 0) is 5.41 Å². The monoisotopic (exact) mass is 221 g/mol. The molecule has 1 nitrogen and oxygen atoms in total. The molecule has 0 spiro atoms. The fourth-order valence-corrected chi connectivity index (χ4v) is 2.43. The second-order valence-electron chi connectivity index (χ2n) is 6.46. The van der Waals surface area contributed by atoms with Crippen LogP contribution in [0.1, 0.15) is 48.5 Å². The fourth-order valence-electron chi connectivity index (χ4n) is 2.43. The number of hydrogen-bond acceptors (Lipinski definition) is 0. The highest BCUT2D eigenvalue weighted by Crippen LogP contribution is 2.34. The van der Waals surface area contributed by atoms with Crippen LogP contribution in [0.5, 0.6) is 0 Å². The van der Waals surface area contributed by atoms with Gasteiger partial charge in [0, 0.05) is 23.5 Å². The standard InChI is InChI=1S/C15H27N/c1-10(2)13-9-12(15(5,6)7)14(11(3)4)16(13)8/h9-11,16H,8H2,1-7H3. The zero-order chi connectivity index (χ0) is 12.7. The van der Waals surface area contributed by atoms with Crippen molar-refractivity contribution in [2.75, 3.05) is 0 Å². The van der Waals surface area contributed by atoms with Crippen molar-refractivity contribution in [1.29, 1.82) is 0 Å². The zero-order valence-electron chi connectivity index (χ0n) is 11.9. The molecule has 1 N–H and O–H groups in total. The topological polar surface area (TPSA) is 4.44 Å². The van der Waals surface area contributed by atoms with Gasteiger partial charge in [-0.3, -0.25) is 0 Å². The first-order chi connectivity index (χ1) is 7.16. The molecule has 0 bridgehead atoms. The van der Waals surface area contributed by atoms with E-state index >= 15 is 0 Å². The first-order valence-electron chi connectivity index (χ1n) is 6.32. The average Bonchev–Trinajstić information content (AvgIpc) is 2.41. The number of quaternary nitrogens is 1. The number of nitrogens with one attached hydrogen (secondary N) is 1. The van der Waals surface area contributed by atoms with Gasteiger partial charge in [0.05, 0.1) is 11.4 Å². The summed E-state index contributed by atoms with van der Waals surface area (Å²) in [7, 11) is 4.30. The van der Waals surface area contributed by atoms with Gasteiger partial charge in [0.15, 0.2) is 0 Å². The molecule has 1 aliphatic rings. The van der Waals surface area contributed by atoms with E-state index in [1.807, 2.05) is 0 Å². The predicted octanol–water partition coefficient (Wildman–Crippen LogP) is 3.17. The molecule has 1 atom stereocenters. The molecular formula is C15H27N. The molecule has 1 unspecified atom stereocenters. The lowest BCUT2D eigenvalue weighted by Crippen LogP contribution is -3.03. The van der Waals surface area contributed by atoms with Crippen LogP contribution in [0.3, 0.4) is 0 Å². The third-order valence-electron chi connectivity index (χ3n) is 3.27. The maximum Gasteiger partial charge on any atom is 0.0920 e. The lowest BCUT2D eigenvalue weighted by Gasteiger charge is -2.28. The zero-order valence-corrected chi connectivity index (χ0v) is 11.9. The number of hydrogen-bond donors (Lipinski definition) is 1. The fraction of sp³-hybridized carbons (Fsp3) is 0.667. The minimum atomic E-state index is 0.221. The second-order valence-corrected chi connectivity index (χ2v) is 6.46. The number of allylic oxidation sites excluding steroid dienone is 4. The Kier molecular flexibility index (Phi) is 3.69. The molecule has 92 valence electrons. The van der Waals surface area contributed by atoms with Crippen LogP contribution in [0.2, 0.25) is 0 Å². The van der Waals surface area contributed by atoms with E-state index in [-0.39, 0.29) is 5.41 Å². The van der Waals surface area contributed by atoms with E-state index < -0.39 is 0 Å². The summed E-state index contributed by atoms with van der Waals surface area (Å²) < 4.78 is 0. The Morgan fingerprint density at radius 1 is 1.06 bits per heavy atom. The largest absolute Gasteiger partial charge is 0.408 e. The highest BCUT2D eigenvalue weighted by Gasteiger charge is 2.33. The molecule has 1 heterocycles. The summed E-state index contributed by atoms with van der Waals surface area (Å²) in [6.07, 6.45) is 2.38. The van der Waals surface area contributed by atoms with Crippen molar-refractivity contribution in [3.63, 3.8) is 0 Å². The van der Waals surface area contributed by atoms with Crippen molar-refractivity contribution in [2.24, 2.45) is 17.3 Å². The summed E-state index contributed by atoms with van der Waals surface area (Å²) in [5.74, 6) is 1.13. The quantitative estimate of drug-likeness (QED) is 0.683. The molecule has 0 amide bonds. The van der Waals surface area contributed by atoms with E-state index in [9.17, 15) is 0 Å². The molecular weight excluding hydrogens is 194 g/mol. The molecule has 1 rings (SSSR count). The normalized spacial score (nSPS) is 22.4. The Hall–Kier alpha value is -0.560. The molecule has 0 aliphatic carbocycles. The van der Waals surface area contributed by atoms with Gasteiger partial charge < -0.3 is 4.90 Å². The van der Waals surface area contributed by atoms with Gasteiger partial charge in [-0.1, -0.05) is 48.5 Å². The summed E-state index contributed by atoms with van der Waals surface area (Å²) in [4.78, 5) is 1.27. The smallest absolute Gasteiger partial charge is 0.0920 e. The number of rotatable bonds is 2. The summed E-state index contributed by atoms with van der Waals surface area (Å²) in [5.41, 5.74) is 4.60. The van der Waals surface area contributed by atoms with Crippen molar-refractivity contribution in [2.45, 2.75) is 48.5 Å². The molecule has 0 aromatic rings. The first-order valence-corrected chi connectivity index (χ1v) is 6.32. The molecule has 0 aromatic heterocycles. The third-order valence-corrected chi connectivity index (χ3v) is 3.27. The summed E-state index contributed by atoms with van der Waals surface area (Å²) in [6, 6.07) is 0. The molecule has 0 fully saturated rings. The van der Waals surface area contributed by atoms with E-state index in [1.54, 1.807) is 0 Å². The minimum absolute atomic E-state index is 0.221. The maximum atomic E-state index is 4.30. The van der Waals surface area contributed by atoms with Crippen LogP contribution < -0.4 is 4.90 Å². The second kappa shape index (κ2) is 4.37. The Morgan fingerprint density at radius 3 is 1.81 bits per heavy atom. The predicted molar refractivity (Wildman–Crippen MR) is 70.6 cm³/mol. The summed E-state index contributed by atoms with van der Waals surface area (Å²) >= 11 is 0. The van der Waals surface area contributed by atoms with E-state index in [0.29, 0.717) is 11.8 Å². The van der Waals surface area contributed by atoms with Crippen LogP contribution in [-0.4, -0.2) is 0 Å². The van der Waals surface area contributed by atoms with Crippen LogP contribution in [0.4, 0.5) is 0 Å². The van der Waals surface area contributed by atoms with Gasteiger partial charge in [0.1, 0.15) is 0 Å². The van der Waals surface area contributed by atoms with Crippen molar-refractivity contribution in [1.82, 2.24) is 0 Å². The van der Waals surface area contributed by atoms with Gasteiger partial charge in [-0.2, -0.15) is 0 Å². The van der Waals surface area contributed by atoms with Gasteiger partial charge in [-0.25, -0.2) is 0 Å². The molecule has 0 saturated carbocycles. The maximum absolute atomic E-state index is 4.30. The Bertz CT molecular complexity index is 324. The molecule has 1 heteroatoms. The summed E-state index contributed by atoms with van der Waals surface area (Å²) in [6.45, 7) is 15.9. The molecule has 16 heavy (non-hydrogen) atoms. The molecule has 1 aliphatic heterocycles.